The van der Waals surface area contributed by atoms with Crippen molar-refractivity contribution in [2.75, 3.05) is 13.2 Å². The third-order valence-electron chi connectivity index (χ3n) is 3.82. The van der Waals surface area contributed by atoms with Gasteiger partial charge in [-0.2, -0.15) is 0 Å². The van der Waals surface area contributed by atoms with E-state index in [1.807, 2.05) is 19.9 Å². The molecule has 0 aromatic heterocycles. The van der Waals surface area contributed by atoms with Gasteiger partial charge in [0.25, 0.3) is 0 Å². The van der Waals surface area contributed by atoms with Crippen molar-refractivity contribution in [3.05, 3.63) is 37.0 Å². The Morgan fingerprint density at radius 2 is 2.10 bits per heavy atom. The molecule has 1 saturated heterocycles. The van der Waals surface area contributed by atoms with E-state index in [4.69, 9.17) is 14.2 Å². The highest BCUT2D eigenvalue weighted by molar-refractivity contribution is 5.21. The van der Waals surface area contributed by atoms with Crippen molar-refractivity contribution in [1.82, 2.24) is 0 Å². The SMILES string of the molecule is C=C/C=C(\C=C)COC(C)CC(C)(C)C1COC(C)(C)O1. The first-order chi connectivity index (χ1) is 9.70. The zero-order chi connectivity index (χ0) is 16.1. The quantitative estimate of drug-likeness (QED) is 0.626. The second kappa shape index (κ2) is 7.39. The predicted octanol–water partition coefficient (Wildman–Crippen LogP) is 4.26. The lowest BCUT2D eigenvalue weighted by molar-refractivity contribution is -0.154. The summed E-state index contributed by atoms with van der Waals surface area (Å²) in [5.74, 6) is -0.477. The predicted molar refractivity (Wildman–Crippen MR) is 87.2 cm³/mol. The van der Waals surface area contributed by atoms with Crippen molar-refractivity contribution in [3.8, 4) is 0 Å². The average Bonchev–Trinajstić information content (AvgIpc) is 2.75. The molecule has 0 aromatic rings. The van der Waals surface area contributed by atoms with Crippen LogP contribution in [0, 0.1) is 5.41 Å². The number of hydrogen-bond acceptors (Lipinski definition) is 3. The van der Waals surface area contributed by atoms with Gasteiger partial charge in [0.15, 0.2) is 5.79 Å². The van der Waals surface area contributed by atoms with Gasteiger partial charge in [0, 0.05) is 0 Å². The summed E-state index contributed by atoms with van der Waals surface area (Å²) in [5.41, 5.74) is 1.04. The first-order valence-electron chi connectivity index (χ1n) is 7.57. The minimum absolute atomic E-state index is 0.00365. The van der Waals surface area contributed by atoms with Gasteiger partial charge in [0.1, 0.15) is 0 Å². The van der Waals surface area contributed by atoms with Gasteiger partial charge in [-0.05, 0) is 38.2 Å². The van der Waals surface area contributed by atoms with Crippen molar-refractivity contribution in [1.29, 1.82) is 0 Å². The molecule has 0 N–H and O–H groups in total. The minimum Gasteiger partial charge on any atom is -0.374 e. The molecule has 1 fully saturated rings. The van der Waals surface area contributed by atoms with E-state index in [1.54, 1.807) is 12.2 Å². The fourth-order valence-corrected chi connectivity index (χ4v) is 2.57. The standard InChI is InChI=1S/C18H30O3/c1-8-10-15(9-2)12-19-14(3)11-17(4,5)16-13-20-18(6,7)21-16/h8-10,14,16H,1-2,11-13H2,3-7H3/b15-10+. The maximum absolute atomic E-state index is 5.98. The van der Waals surface area contributed by atoms with Crippen LogP contribution in [0.4, 0.5) is 0 Å². The molecule has 0 aliphatic carbocycles. The van der Waals surface area contributed by atoms with Gasteiger partial charge in [-0.15, -0.1) is 0 Å². The summed E-state index contributed by atoms with van der Waals surface area (Å²) in [6.45, 7) is 19.1. The average molecular weight is 294 g/mol. The van der Waals surface area contributed by atoms with Crippen LogP contribution in [0.5, 0.6) is 0 Å². The molecule has 2 atom stereocenters. The molecule has 0 spiro atoms. The Morgan fingerprint density at radius 1 is 1.43 bits per heavy atom. The molecule has 1 aliphatic rings. The summed E-state index contributed by atoms with van der Waals surface area (Å²) in [4.78, 5) is 0. The van der Waals surface area contributed by atoms with E-state index in [0.717, 1.165) is 12.0 Å². The molecule has 0 saturated carbocycles. The summed E-state index contributed by atoms with van der Waals surface area (Å²) >= 11 is 0. The van der Waals surface area contributed by atoms with Crippen molar-refractivity contribution < 1.29 is 14.2 Å². The molecule has 0 radical (unpaired) electrons. The molecule has 120 valence electrons. The monoisotopic (exact) mass is 294 g/mol. The van der Waals surface area contributed by atoms with Crippen LogP contribution in [0.2, 0.25) is 0 Å². The lowest BCUT2D eigenvalue weighted by atomic mass is 9.81. The van der Waals surface area contributed by atoms with E-state index in [2.05, 4.69) is 33.9 Å². The van der Waals surface area contributed by atoms with E-state index in [-0.39, 0.29) is 17.6 Å². The fraction of sp³-hybridized carbons (Fsp3) is 0.667. The van der Waals surface area contributed by atoms with Crippen molar-refractivity contribution in [3.63, 3.8) is 0 Å². The third kappa shape index (κ3) is 5.77. The summed E-state index contributed by atoms with van der Waals surface area (Å²) in [6.07, 6.45) is 6.62. The molecule has 1 rings (SSSR count). The van der Waals surface area contributed by atoms with Crippen LogP contribution in [0.15, 0.2) is 37.0 Å². The Labute approximate surface area is 129 Å². The van der Waals surface area contributed by atoms with Crippen LogP contribution in [-0.4, -0.2) is 31.2 Å². The Balaban J connectivity index is 2.49. The van der Waals surface area contributed by atoms with Crippen LogP contribution >= 0.6 is 0 Å². The van der Waals surface area contributed by atoms with Gasteiger partial charge < -0.3 is 14.2 Å². The zero-order valence-corrected chi connectivity index (χ0v) is 14.1. The number of rotatable bonds is 8. The summed E-state index contributed by atoms with van der Waals surface area (Å²) in [7, 11) is 0. The number of allylic oxidation sites excluding steroid dienone is 2. The maximum Gasteiger partial charge on any atom is 0.163 e. The Bertz CT molecular complexity index is 393. The highest BCUT2D eigenvalue weighted by atomic mass is 16.7. The molecule has 2 unspecified atom stereocenters. The Morgan fingerprint density at radius 3 is 2.57 bits per heavy atom. The smallest absolute Gasteiger partial charge is 0.163 e. The van der Waals surface area contributed by atoms with Gasteiger partial charge in [-0.25, -0.2) is 0 Å². The normalized spacial score (nSPS) is 23.9. The van der Waals surface area contributed by atoms with Gasteiger partial charge in [0.05, 0.1) is 25.4 Å². The van der Waals surface area contributed by atoms with Crippen LogP contribution in [-0.2, 0) is 14.2 Å². The second-order valence-corrected chi connectivity index (χ2v) is 6.81. The Hall–Kier alpha value is -0.900. The molecular weight excluding hydrogens is 264 g/mol. The first kappa shape index (κ1) is 18.1. The van der Waals surface area contributed by atoms with Crippen LogP contribution in [0.3, 0.4) is 0 Å². The van der Waals surface area contributed by atoms with E-state index >= 15 is 0 Å². The van der Waals surface area contributed by atoms with Crippen LogP contribution in [0.25, 0.3) is 0 Å². The number of ether oxygens (including phenoxy) is 3. The van der Waals surface area contributed by atoms with Gasteiger partial charge in [-0.3, -0.25) is 0 Å². The molecular formula is C18H30O3. The van der Waals surface area contributed by atoms with E-state index in [0.29, 0.717) is 13.2 Å². The lowest BCUT2D eigenvalue weighted by Crippen LogP contribution is -2.36. The molecule has 0 amide bonds. The van der Waals surface area contributed by atoms with E-state index < -0.39 is 5.79 Å². The van der Waals surface area contributed by atoms with E-state index in [9.17, 15) is 0 Å². The molecule has 1 heterocycles. The van der Waals surface area contributed by atoms with Gasteiger partial charge in [-0.1, -0.05) is 45.2 Å². The largest absolute Gasteiger partial charge is 0.374 e. The van der Waals surface area contributed by atoms with Crippen LogP contribution in [0.1, 0.15) is 41.0 Å². The summed E-state index contributed by atoms with van der Waals surface area (Å²) in [6, 6.07) is 0. The molecule has 0 aromatic carbocycles. The molecule has 21 heavy (non-hydrogen) atoms. The third-order valence-corrected chi connectivity index (χ3v) is 3.82. The number of hydrogen-bond donors (Lipinski definition) is 0. The zero-order valence-electron chi connectivity index (χ0n) is 14.1. The molecule has 3 nitrogen and oxygen atoms in total. The lowest BCUT2D eigenvalue weighted by Gasteiger charge is -2.33. The van der Waals surface area contributed by atoms with Crippen molar-refractivity contribution >= 4 is 0 Å². The molecule has 0 bridgehead atoms. The second-order valence-electron chi connectivity index (χ2n) is 6.81. The topological polar surface area (TPSA) is 27.7 Å². The molecule has 1 aliphatic heterocycles. The van der Waals surface area contributed by atoms with Crippen LogP contribution < -0.4 is 0 Å². The summed E-state index contributed by atoms with van der Waals surface area (Å²) < 4.78 is 17.6. The van der Waals surface area contributed by atoms with Crippen molar-refractivity contribution in [2.45, 2.75) is 59.0 Å². The summed E-state index contributed by atoms with van der Waals surface area (Å²) in [5, 5.41) is 0. The van der Waals surface area contributed by atoms with Gasteiger partial charge in [0.2, 0.25) is 0 Å². The fourth-order valence-electron chi connectivity index (χ4n) is 2.57. The highest BCUT2D eigenvalue weighted by Gasteiger charge is 2.42. The van der Waals surface area contributed by atoms with Crippen molar-refractivity contribution in [2.24, 2.45) is 5.41 Å². The van der Waals surface area contributed by atoms with Gasteiger partial charge >= 0.3 is 0 Å². The highest BCUT2D eigenvalue weighted by Crippen LogP contribution is 2.37. The Kier molecular flexibility index (Phi) is 6.39. The molecule has 3 heteroatoms. The maximum atomic E-state index is 5.98. The first-order valence-corrected chi connectivity index (χ1v) is 7.57. The minimum atomic E-state index is -0.477. The van der Waals surface area contributed by atoms with E-state index in [1.165, 1.54) is 0 Å².